The number of hydrogen-bond donors (Lipinski definition) is 2. The summed E-state index contributed by atoms with van der Waals surface area (Å²) in [7, 11) is 1.65. The van der Waals surface area contributed by atoms with Crippen LogP contribution in [0.1, 0.15) is 39.2 Å². The summed E-state index contributed by atoms with van der Waals surface area (Å²) in [6.07, 6.45) is 2.15. The number of carboxylic acids is 1. The van der Waals surface area contributed by atoms with Crippen LogP contribution in [0.15, 0.2) is 24.3 Å². The van der Waals surface area contributed by atoms with Crippen LogP contribution in [-0.4, -0.2) is 30.8 Å². The van der Waals surface area contributed by atoms with Crippen molar-refractivity contribution in [1.29, 1.82) is 0 Å². The summed E-state index contributed by atoms with van der Waals surface area (Å²) < 4.78 is 5.14. The molecule has 1 atom stereocenters. The van der Waals surface area contributed by atoms with E-state index in [1.165, 1.54) is 5.56 Å². The van der Waals surface area contributed by atoms with E-state index in [1.54, 1.807) is 7.11 Å². The first-order chi connectivity index (χ1) is 9.97. The van der Waals surface area contributed by atoms with Crippen LogP contribution in [0.5, 0.6) is 5.75 Å². The summed E-state index contributed by atoms with van der Waals surface area (Å²) in [6.45, 7) is 6.47. The molecule has 2 N–H and O–H groups in total. The molecule has 0 bridgehead atoms. The first kappa shape index (κ1) is 17.5. The molecule has 1 aromatic rings. The minimum atomic E-state index is -0.711. The molecule has 1 aromatic carbocycles. The van der Waals surface area contributed by atoms with Crippen LogP contribution in [-0.2, 0) is 11.2 Å². The summed E-state index contributed by atoms with van der Waals surface area (Å²) in [5, 5.41) is 12.8. The lowest BCUT2D eigenvalue weighted by Crippen LogP contribution is -2.43. The van der Waals surface area contributed by atoms with Crippen LogP contribution in [0, 0.1) is 5.41 Å². The Morgan fingerprint density at radius 1 is 1.29 bits per heavy atom. The van der Waals surface area contributed by atoms with Crippen molar-refractivity contribution in [3.05, 3.63) is 29.8 Å². The van der Waals surface area contributed by atoms with Crippen molar-refractivity contribution in [2.75, 3.05) is 13.7 Å². The van der Waals surface area contributed by atoms with E-state index in [9.17, 15) is 9.90 Å². The number of nitrogens with one attached hydrogen (secondary N) is 1. The zero-order valence-corrected chi connectivity index (χ0v) is 13.5. The number of carboxylic acid groups (broad SMARTS) is 1. The lowest BCUT2D eigenvalue weighted by Gasteiger charge is -2.29. The van der Waals surface area contributed by atoms with Gasteiger partial charge in [-0.3, -0.25) is 4.79 Å². The molecule has 0 amide bonds. The summed E-state index contributed by atoms with van der Waals surface area (Å²) in [5.74, 6) is 0.137. The molecule has 4 heteroatoms. The van der Waals surface area contributed by atoms with Crippen molar-refractivity contribution < 1.29 is 14.6 Å². The second kappa shape index (κ2) is 8.03. The van der Waals surface area contributed by atoms with E-state index in [-0.39, 0.29) is 6.04 Å². The molecular weight excluding hydrogens is 266 g/mol. The van der Waals surface area contributed by atoms with E-state index in [0.717, 1.165) is 12.2 Å². The molecule has 0 saturated heterocycles. The Bertz CT molecular complexity index is 438. The molecular formula is C17H27NO3. The maximum atomic E-state index is 11.5. The Kier molecular flexibility index (Phi) is 6.69. The van der Waals surface area contributed by atoms with Crippen LogP contribution < -0.4 is 10.1 Å². The third-order valence-corrected chi connectivity index (χ3v) is 4.30. The molecule has 0 saturated carbocycles. The van der Waals surface area contributed by atoms with Gasteiger partial charge in [0.05, 0.1) is 12.5 Å². The average molecular weight is 293 g/mol. The van der Waals surface area contributed by atoms with E-state index >= 15 is 0 Å². The molecule has 0 aliphatic carbocycles. The van der Waals surface area contributed by atoms with Crippen molar-refractivity contribution in [2.24, 2.45) is 5.41 Å². The first-order valence-electron chi connectivity index (χ1n) is 7.57. The molecule has 0 aliphatic heterocycles. The molecule has 0 aliphatic rings. The van der Waals surface area contributed by atoms with Gasteiger partial charge in [-0.25, -0.2) is 0 Å². The van der Waals surface area contributed by atoms with E-state index in [0.29, 0.717) is 19.4 Å². The van der Waals surface area contributed by atoms with Gasteiger partial charge in [0.25, 0.3) is 0 Å². The molecule has 0 spiro atoms. The molecule has 0 aromatic heterocycles. The summed E-state index contributed by atoms with van der Waals surface area (Å²) >= 11 is 0. The smallest absolute Gasteiger partial charge is 0.310 e. The van der Waals surface area contributed by atoms with Gasteiger partial charge in [-0.2, -0.15) is 0 Å². The van der Waals surface area contributed by atoms with Crippen LogP contribution in [0.25, 0.3) is 0 Å². The Morgan fingerprint density at radius 2 is 1.86 bits per heavy atom. The Morgan fingerprint density at radius 3 is 2.29 bits per heavy atom. The predicted octanol–water partition coefficient (Wildman–Crippen LogP) is 3.11. The first-order valence-corrected chi connectivity index (χ1v) is 7.57. The zero-order chi connectivity index (χ0) is 15.9. The Labute approximate surface area is 127 Å². The number of methoxy groups -OCH3 is 1. The van der Waals surface area contributed by atoms with Crippen molar-refractivity contribution in [3.63, 3.8) is 0 Å². The van der Waals surface area contributed by atoms with Gasteiger partial charge in [0.15, 0.2) is 0 Å². The average Bonchev–Trinajstić information content (AvgIpc) is 2.49. The quantitative estimate of drug-likeness (QED) is 0.734. The van der Waals surface area contributed by atoms with Gasteiger partial charge in [0.2, 0.25) is 0 Å². The van der Waals surface area contributed by atoms with Gasteiger partial charge < -0.3 is 15.2 Å². The minimum absolute atomic E-state index is 0.232. The van der Waals surface area contributed by atoms with Crippen LogP contribution in [0.3, 0.4) is 0 Å². The van der Waals surface area contributed by atoms with Gasteiger partial charge in [-0.15, -0.1) is 0 Å². The van der Waals surface area contributed by atoms with Gasteiger partial charge >= 0.3 is 5.97 Å². The van der Waals surface area contributed by atoms with E-state index in [1.807, 2.05) is 38.1 Å². The van der Waals surface area contributed by atoms with Gasteiger partial charge in [0.1, 0.15) is 5.75 Å². The molecule has 1 rings (SSSR count). The molecule has 21 heavy (non-hydrogen) atoms. The van der Waals surface area contributed by atoms with Crippen molar-refractivity contribution in [1.82, 2.24) is 5.32 Å². The fraction of sp³-hybridized carbons (Fsp3) is 0.588. The maximum Gasteiger partial charge on any atom is 0.310 e. The second-order valence-electron chi connectivity index (χ2n) is 5.63. The molecule has 118 valence electrons. The van der Waals surface area contributed by atoms with Gasteiger partial charge in [-0.05, 0) is 43.9 Å². The SMILES string of the molecule is CCC(CC)(CNC(C)Cc1ccc(OC)cc1)C(=O)O. The molecule has 1 unspecified atom stereocenters. The van der Waals surface area contributed by atoms with Gasteiger partial charge in [-0.1, -0.05) is 26.0 Å². The monoisotopic (exact) mass is 293 g/mol. The third-order valence-electron chi connectivity index (χ3n) is 4.30. The highest BCUT2D eigenvalue weighted by molar-refractivity contribution is 5.74. The van der Waals surface area contributed by atoms with Crippen LogP contribution in [0.4, 0.5) is 0 Å². The number of carbonyl (C=O) groups is 1. The predicted molar refractivity (Wildman–Crippen MR) is 84.8 cm³/mol. The Hall–Kier alpha value is -1.55. The normalized spacial score (nSPS) is 13.0. The lowest BCUT2D eigenvalue weighted by molar-refractivity contribution is -0.149. The highest BCUT2D eigenvalue weighted by Crippen LogP contribution is 2.26. The second-order valence-corrected chi connectivity index (χ2v) is 5.63. The molecule has 0 fully saturated rings. The fourth-order valence-corrected chi connectivity index (χ4v) is 2.44. The number of rotatable bonds is 9. The molecule has 0 heterocycles. The third kappa shape index (κ3) is 4.74. The summed E-state index contributed by atoms with van der Waals surface area (Å²) in [5.41, 5.74) is 0.554. The highest BCUT2D eigenvalue weighted by atomic mass is 16.5. The minimum Gasteiger partial charge on any atom is -0.497 e. The van der Waals surface area contributed by atoms with E-state index < -0.39 is 11.4 Å². The van der Waals surface area contributed by atoms with Gasteiger partial charge in [0, 0.05) is 12.6 Å². The number of benzene rings is 1. The molecule has 4 nitrogen and oxygen atoms in total. The molecule has 0 radical (unpaired) electrons. The van der Waals surface area contributed by atoms with Crippen molar-refractivity contribution >= 4 is 5.97 Å². The maximum absolute atomic E-state index is 11.5. The largest absolute Gasteiger partial charge is 0.497 e. The fourth-order valence-electron chi connectivity index (χ4n) is 2.44. The lowest BCUT2D eigenvalue weighted by atomic mass is 9.82. The zero-order valence-electron chi connectivity index (χ0n) is 13.5. The highest BCUT2D eigenvalue weighted by Gasteiger charge is 2.34. The summed E-state index contributed by atoms with van der Waals surface area (Å²) in [6, 6.07) is 8.21. The summed E-state index contributed by atoms with van der Waals surface area (Å²) in [4.78, 5) is 11.5. The van der Waals surface area contributed by atoms with E-state index in [2.05, 4.69) is 12.2 Å². The van der Waals surface area contributed by atoms with Crippen LogP contribution >= 0.6 is 0 Å². The topological polar surface area (TPSA) is 58.6 Å². The number of hydrogen-bond acceptors (Lipinski definition) is 3. The van der Waals surface area contributed by atoms with E-state index in [4.69, 9.17) is 4.74 Å². The standard InChI is InChI=1S/C17H27NO3/c1-5-17(6-2,16(19)20)12-18-13(3)11-14-7-9-15(21-4)10-8-14/h7-10,13,18H,5-6,11-12H2,1-4H3,(H,19,20). The van der Waals surface area contributed by atoms with Crippen LogP contribution in [0.2, 0.25) is 0 Å². The van der Waals surface area contributed by atoms with Crippen molar-refractivity contribution in [2.45, 2.75) is 46.1 Å². The van der Waals surface area contributed by atoms with Crippen molar-refractivity contribution in [3.8, 4) is 5.75 Å². The Balaban J connectivity index is 2.56. The number of ether oxygens (including phenoxy) is 1. The number of aliphatic carboxylic acids is 1.